The van der Waals surface area contributed by atoms with Crippen LogP contribution in [0, 0.1) is 148 Å². The van der Waals surface area contributed by atoms with Crippen LogP contribution >= 0.6 is 0 Å². The number of halogens is 20. The third-order valence-electron chi connectivity index (χ3n) is 12.6. The van der Waals surface area contributed by atoms with Crippen LogP contribution in [0.3, 0.4) is 0 Å². The maximum Gasteiger partial charge on any atom is 1.00 e. The van der Waals surface area contributed by atoms with Crippen LogP contribution < -0.4 is 122 Å². The predicted molar refractivity (Wildman–Crippen MR) is 312 cm³/mol. The molecule has 14 nitrogen and oxygen atoms in total. The van der Waals surface area contributed by atoms with E-state index in [9.17, 15) is 87.4 Å². The van der Waals surface area contributed by atoms with E-state index in [1.165, 1.54) is 55.6 Å². The van der Waals surface area contributed by atoms with Gasteiger partial charge in [0.25, 0.3) is 0 Å². The maximum atomic E-state index is 15.3. The Labute approximate surface area is 657 Å². The van der Waals surface area contributed by atoms with Crippen LogP contribution in [0.4, 0.5) is 87.8 Å². The second-order valence-electron chi connectivity index (χ2n) is 19.5. The number of phenolic OH excluding ortho intramolecular Hbond substituents is 4. The monoisotopic (exact) mass is 1570 g/mol. The number of aromatic hydroxyl groups is 4. The molecule has 10 rings (SSSR count). The van der Waals surface area contributed by atoms with E-state index in [0.717, 1.165) is 48.5 Å². The Bertz CT molecular complexity index is 5020. The molecule has 534 valence electrons. The third-order valence-corrected chi connectivity index (χ3v) is 14.3. The minimum Gasteiger partial charge on any atom is -0.744 e. The molecular weight excluding hydrogens is 1540 g/mol. The van der Waals surface area contributed by atoms with Crippen LogP contribution in [0.15, 0.2) is 131 Å². The summed E-state index contributed by atoms with van der Waals surface area (Å²) in [4.78, 5) is -2.14. The first kappa shape index (κ1) is 87.8. The number of ether oxygens (including phenoxy) is 4. The van der Waals surface area contributed by atoms with Crippen molar-refractivity contribution in [3.8, 4) is 110 Å². The molecule has 0 amide bonds. The smallest absolute Gasteiger partial charge is 0.744 e. The summed E-state index contributed by atoms with van der Waals surface area (Å²) in [6.45, 7) is 1.66. The van der Waals surface area contributed by atoms with E-state index in [1.54, 1.807) is 13.0 Å². The van der Waals surface area contributed by atoms with Gasteiger partial charge in [0.15, 0.2) is 69.8 Å². The van der Waals surface area contributed by atoms with E-state index in [2.05, 4.69) is 11.8 Å². The van der Waals surface area contributed by atoms with Crippen molar-refractivity contribution in [3.63, 3.8) is 0 Å². The van der Waals surface area contributed by atoms with Crippen LogP contribution in [-0.2, 0) is 20.2 Å². The van der Waals surface area contributed by atoms with E-state index < -0.39 is 192 Å². The number of terminal acetylenes is 2. The van der Waals surface area contributed by atoms with Gasteiger partial charge in [-0.3, -0.25) is 0 Å². The van der Waals surface area contributed by atoms with Crippen LogP contribution in [0.1, 0.15) is 16.7 Å². The van der Waals surface area contributed by atoms with E-state index in [4.69, 9.17) is 52.2 Å². The Morgan fingerprint density at radius 2 is 0.683 bits per heavy atom. The molecule has 104 heavy (non-hydrogen) atoms. The average molecular weight is 1570 g/mol. The number of hydrogen-bond acceptors (Lipinski definition) is 14. The van der Waals surface area contributed by atoms with Gasteiger partial charge in [0.2, 0.25) is 46.4 Å². The van der Waals surface area contributed by atoms with Crippen molar-refractivity contribution in [1.29, 1.82) is 0 Å². The van der Waals surface area contributed by atoms with Gasteiger partial charge >= 0.3 is 103 Å². The quantitative estimate of drug-likeness (QED) is 0.0180. The second kappa shape index (κ2) is 36.9. The van der Waals surface area contributed by atoms with Crippen molar-refractivity contribution < 1.29 is 256 Å². The third kappa shape index (κ3) is 20.9. The van der Waals surface area contributed by atoms with Crippen LogP contribution in [-0.4, -0.2) is 53.5 Å². The molecular formula is C66H32F20K2O14S2. The van der Waals surface area contributed by atoms with E-state index in [0.29, 0.717) is 29.3 Å². The van der Waals surface area contributed by atoms with Crippen molar-refractivity contribution >= 4 is 20.2 Å². The SMILES string of the molecule is C#Cc1cc(C)cc(Oc2ccc(Oc3c(F)c(F)c(-c4c(F)c(F)c(Oc5ccc(OC)cc5)c(F)c4F)c(F)c3F)c(S(=O)(=O)[O-])c2)c1.C#Cc1cc(F)cc(F)c1.Fc1c(F)c(F)c(-c2c(F)c(F)c(F)c(F)c2F)c(F)c1F.O=S(=O)([O-])c1cc(O)ccc1O.Oc1ccc(O)cc1.[K+].[K+]. The summed E-state index contributed by atoms with van der Waals surface area (Å²) in [5.74, 6) is -49.4. The van der Waals surface area contributed by atoms with Gasteiger partial charge in [-0.2, -0.15) is 17.6 Å². The molecule has 0 spiro atoms. The Morgan fingerprint density at radius 1 is 0.346 bits per heavy atom. The fraction of sp³-hybridized carbons (Fsp3) is 0.0303. The van der Waals surface area contributed by atoms with Crippen LogP contribution in [0.2, 0.25) is 0 Å². The molecule has 10 aromatic carbocycles. The van der Waals surface area contributed by atoms with E-state index in [-0.39, 0.29) is 149 Å². The molecule has 0 aliphatic rings. The summed E-state index contributed by atoms with van der Waals surface area (Å²) in [5, 5.41) is 35.0. The fourth-order valence-electron chi connectivity index (χ4n) is 8.01. The number of aryl methyl sites for hydroxylation is 1. The van der Waals surface area contributed by atoms with Crippen molar-refractivity contribution in [1.82, 2.24) is 0 Å². The molecule has 0 heterocycles. The average Bonchev–Trinajstić information content (AvgIpc) is 0.750. The summed E-state index contributed by atoms with van der Waals surface area (Å²) in [6, 6.07) is 22.7. The molecule has 0 aliphatic carbocycles. The number of methoxy groups -OCH3 is 1. The molecule has 0 atom stereocenters. The molecule has 0 bridgehead atoms. The number of rotatable bonds is 11. The number of hydrogen-bond donors (Lipinski definition) is 4. The first-order valence-corrected chi connectivity index (χ1v) is 29.4. The Kier molecular flexibility index (Phi) is 31.2. The molecule has 0 saturated carbocycles. The molecule has 0 fully saturated rings. The van der Waals surface area contributed by atoms with Gasteiger partial charge in [-0.25, -0.2) is 87.1 Å². The molecule has 38 heteroatoms. The molecule has 0 unspecified atom stereocenters. The molecule has 4 N–H and O–H groups in total. The molecule has 10 aromatic rings. The minimum atomic E-state index is -5.56. The summed E-state index contributed by atoms with van der Waals surface area (Å²) in [5.41, 5.74) is -7.73. The Hall–Kier alpha value is -8.59. The summed E-state index contributed by atoms with van der Waals surface area (Å²) in [7, 11) is -8.98. The molecule has 0 saturated heterocycles. The standard InChI is InChI=1S/C34H18F8O7S.C12F10.C8H4F2.C6H6O5S.C6H6O2.2K/c1-4-16-11-15(2)12-20(13-16)47-19-9-10-21(22(14-19)50(43,44)45)49-34-31(41)27(37)24(28(38)32(34)42)23-25(35)29(39)33(30(40)26(23)36)48-18-7-5-17(46-3)6-8-18;13-3-1(4(14)8(18)11(21)7(3)17)2-5(15)9(19)12(22)10(20)6(2)16;1-2-6-3-7(9)5-8(10)4-6;7-4-1-2-5(8)6(3-4)12(9,10)11;7-5-1-2-6(8)4-3-5;;/h1,5-14H,2-3H3,(H,43,44,45);;1,3-5H;1-3,7-8H,(H,9,10,11);1-4,7-8H;;/q;;;;;2*+1/p-2. The number of phenols is 4. The zero-order valence-corrected chi connectivity index (χ0v) is 59.8. The van der Waals surface area contributed by atoms with Gasteiger partial charge in [-0.15, -0.1) is 12.8 Å². The van der Waals surface area contributed by atoms with Gasteiger partial charge in [0.05, 0.1) is 34.3 Å². The molecule has 0 aliphatic heterocycles. The second-order valence-corrected chi connectivity index (χ2v) is 22.2. The van der Waals surface area contributed by atoms with Crippen molar-refractivity contribution in [2.45, 2.75) is 16.7 Å². The molecule has 0 aromatic heterocycles. The van der Waals surface area contributed by atoms with Crippen molar-refractivity contribution in [2.75, 3.05) is 7.11 Å². The van der Waals surface area contributed by atoms with Crippen LogP contribution in [0.25, 0.3) is 22.3 Å². The fourth-order valence-corrected chi connectivity index (χ4v) is 9.22. The van der Waals surface area contributed by atoms with Gasteiger partial charge in [0, 0.05) is 29.3 Å². The largest absolute Gasteiger partial charge is 1.00 e. The predicted octanol–water partition coefficient (Wildman–Crippen LogP) is 10.8. The van der Waals surface area contributed by atoms with Crippen molar-refractivity contribution in [3.05, 3.63) is 254 Å². The topological polar surface area (TPSA) is 232 Å². The van der Waals surface area contributed by atoms with Gasteiger partial charge in [0.1, 0.15) is 88.5 Å². The van der Waals surface area contributed by atoms with Gasteiger partial charge in [-0.05, 0) is 116 Å². The molecule has 0 radical (unpaired) electrons. The van der Waals surface area contributed by atoms with Gasteiger partial charge < -0.3 is 48.5 Å². The summed E-state index contributed by atoms with van der Waals surface area (Å²) in [6.07, 6.45) is 10.3. The normalized spacial score (nSPS) is 10.6. The van der Waals surface area contributed by atoms with E-state index in [1.807, 2.05) is 0 Å². The summed E-state index contributed by atoms with van der Waals surface area (Å²) < 4.78 is 364. The van der Waals surface area contributed by atoms with Gasteiger partial charge in [-0.1, -0.05) is 11.8 Å². The zero-order chi connectivity index (χ0) is 76.5. The Morgan fingerprint density at radius 3 is 1.05 bits per heavy atom. The van der Waals surface area contributed by atoms with E-state index >= 15 is 26.3 Å². The first-order chi connectivity index (χ1) is 47.6. The summed E-state index contributed by atoms with van der Waals surface area (Å²) >= 11 is 0. The maximum absolute atomic E-state index is 15.3. The number of benzene rings is 10. The Balaban J connectivity index is 0.000000343. The van der Waals surface area contributed by atoms with Crippen molar-refractivity contribution in [2.24, 2.45) is 0 Å². The minimum absolute atomic E-state index is 0. The zero-order valence-electron chi connectivity index (χ0n) is 51.9. The first-order valence-electron chi connectivity index (χ1n) is 26.6. The van der Waals surface area contributed by atoms with Crippen LogP contribution in [0.5, 0.6) is 63.2 Å².